The molecule has 0 saturated carbocycles. The molecule has 1 aromatic carbocycles. The Morgan fingerprint density at radius 1 is 1.00 bits per heavy atom. The first-order valence-corrected chi connectivity index (χ1v) is 6.42. The van der Waals surface area contributed by atoms with Crippen molar-refractivity contribution in [2.24, 2.45) is 0 Å². The fourth-order valence-corrected chi connectivity index (χ4v) is 1.62. The lowest BCUT2D eigenvalue weighted by Gasteiger charge is -2.25. The van der Waals surface area contributed by atoms with Crippen molar-refractivity contribution in [3.63, 3.8) is 0 Å². The molecule has 0 aliphatic heterocycles. The van der Waals surface area contributed by atoms with Crippen LogP contribution in [-0.4, -0.2) is 61.7 Å². The summed E-state index contributed by atoms with van der Waals surface area (Å²) in [5.74, 6) is -0.570. The molecule has 0 fully saturated rings. The van der Waals surface area contributed by atoms with Crippen LogP contribution < -0.4 is 0 Å². The van der Waals surface area contributed by atoms with Crippen LogP contribution in [0, 0.1) is 0 Å². The number of aliphatic hydroxyl groups excluding tert-OH is 6. The van der Waals surface area contributed by atoms with E-state index in [2.05, 4.69) is 0 Å². The van der Waals surface area contributed by atoms with Crippen LogP contribution in [0.4, 0.5) is 0 Å². The van der Waals surface area contributed by atoms with Crippen molar-refractivity contribution < 1.29 is 30.6 Å². The van der Waals surface area contributed by atoms with Gasteiger partial charge in [0, 0.05) is 0 Å². The van der Waals surface area contributed by atoms with E-state index < -0.39 is 36.8 Å². The van der Waals surface area contributed by atoms with Crippen LogP contribution >= 0.6 is 0 Å². The summed E-state index contributed by atoms with van der Waals surface area (Å²) in [5.41, 5.74) is 0.882. The highest BCUT2D eigenvalue weighted by molar-refractivity contribution is 5.50. The van der Waals surface area contributed by atoms with E-state index in [-0.39, 0.29) is 0 Å². The van der Waals surface area contributed by atoms with Crippen molar-refractivity contribution in [1.29, 1.82) is 0 Å². The summed E-state index contributed by atoms with van der Waals surface area (Å²) in [4.78, 5) is 0. The second-order valence-electron chi connectivity index (χ2n) is 4.54. The molecule has 0 aromatic heterocycles. The molecule has 6 nitrogen and oxygen atoms in total. The van der Waals surface area contributed by atoms with Gasteiger partial charge in [-0.2, -0.15) is 0 Å². The Kier molecular flexibility index (Phi) is 7.07. The normalized spacial score (nSPS) is 18.4. The van der Waals surface area contributed by atoms with Crippen molar-refractivity contribution in [2.45, 2.75) is 24.4 Å². The third kappa shape index (κ3) is 5.30. The van der Waals surface area contributed by atoms with E-state index in [0.29, 0.717) is 0 Å². The van der Waals surface area contributed by atoms with E-state index in [4.69, 9.17) is 10.2 Å². The number of aliphatic hydroxyl groups is 6. The van der Waals surface area contributed by atoms with Crippen molar-refractivity contribution >= 4 is 6.08 Å². The van der Waals surface area contributed by atoms with Gasteiger partial charge in [-0.1, -0.05) is 42.5 Å². The zero-order chi connectivity index (χ0) is 15.8. The Morgan fingerprint density at radius 3 is 2.19 bits per heavy atom. The van der Waals surface area contributed by atoms with Crippen molar-refractivity contribution in [3.05, 3.63) is 53.8 Å². The summed E-state index contributed by atoms with van der Waals surface area (Å²) in [6.07, 6.45) is -2.68. The lowest BCUT2D eigenvalue weighted by Crippen LogP contribution is -2.46. The second kappa shape index (κ2) is 8.56. The zero-order valence-corrected chi connectivity index (χ0v) is 11.3. The van der Waals surface area contributed by atoms with Gasteiger partial charge in [0.2, 0.25) is 0 Å². The van der Waals surface area contributed by atoms with Gasteiger partial charge in [-0.25, -0.2) is 0 Å². The van der Waals surface area contributed by atoms with E-state index in [0.717, 1.165) is 5.56 Å². The van der Waals surface area contributed by atoms with Crippen LogP contribution in [0.2, 0.25) is 0 Å². The van der Waals surface area contributed by atoms with Crippen LogP contribution in [0.3, 0.4) is 0 Å². The van der Waals surface area contributed by atoms with Crippen molar-refractivity contribution in [3.8, 4) is 0 Å². The molecule has 0 radical (unpaired) electrons. The second-order valence-corrected chi connectivity index (χ2v) is 4.54. The van der Waals surface area contributed by atoms with Crippen LogP contribution in [0.1, 0.15) is 5.56 Å². The number of allylic oxidation sites excluding steroid dienone is 2. The molecule has 4 atom stereocenters. The van der Waals surface area contributed by atoms with Crippen molar-refractivity contribution in [1.82, 2.24) is 0 Å². The maximum atomic E-state index is 9.64. The SMILES string of the molecule is OC[C@@H](O)[C@@H](O)[C@H](O)[C@@H](O)C(O)=CC=Cc1ccccc1. The third-order valence-corrected chi connectivity index (χ3v) is 2.91. The van der Waals surface area contributed by atoms with Gasteiger partial charge in [0.05, 0.1) is 6.61 Å². The van der Waals surface area contributed by atoms with E-state index in [1.165, 1.54) is 12.2 Å². The summed E-state index contributed by atoms with van der Waals surface area (Å²) < 4.78 is 0. The minimum Gasteiger partial charge on any atom is -0.509 e. The summed E-state index contributed by atoms with van der Waals surface area (Å²) in [5, 5.41) is 56.1. The molecule has 0 bridgehead atoms. The van der Waals surface area contributed by atoms with Crippen LogP contribution in [0.15, 0.2) is 48.2 Å². The Hall–Kier alpha value is -1.70. The van der Waals surface area contributed by atoms with E-state index >= 15 is 0 Å². The lowest BCUT2D eigenvalue weighted by atomic mass is 10.0. The standard InChI is InChI=1S/C15H20O6/c16-9-12(18)14(20)15(21)13(19)11(17)8-4-7-10-5-2-1-3-6-10/h1-8,12-21H,9H2/t12-,13+,14-,15-/m1/s1. The molecular formula is C15H20O6. The predicted octanol–water partition coefficient (Wildman–Crippen LogP) is -0.422. The molecule has 1 rings (SSSR count). The average Bonchev–Trinajstić information content (AvgIpc) is 2.52. The summed E-state index contributed by atoms with van der Waals surface area (Å²) in [7, 11) is 0. The highest BCUT2D eigenvalue weighted by Gasteiger charge is 2.31. The summed E-state index contributed by atoms with van der Waals surface area (Å²) in [6.45, 7) is -0.774. The average molecular weight is 296 g/mol. The monoisotopic (exact) mass is 296 g/mol. The van der Waals surface area contributed by atoms with Gasteiger partial charge in [0.15, 0.2) is 0 Å². The van der Waals surface area contributed by atoms with E-state index in [1.54, 1.807) is 6.08 Å². The number of benzene rings is 1. The molecule has 0 saturated heterocycles. The topological polar surface area (TPSA) is 121 Å². The Balaban J connectivity index is 2.66. The van der Waals surface area contributed by atoms with Crippen LogP contribution in [-0.2, 0) is 0 Å². The molecule has 21 heavy (non-hydrogen) atoms. The molecule has 6 N–H and O–H groups in total. The van der Waals surface area contributed by atoms with E-state index in [9.17, 15) is 20.4 Å². The Morgan fingerprint density at radius 2 is 1.62 bits per heavy atom. The molecule has 116 valence electrons. The largest absolute Gasteiger partial charge is 0.509 e. The summed E-state index contributed by atoms with van der Waals surface area (Å²) >= 11 is 0. The third-order valence-electron chi connectivity index (χ3n) is 2.91. The van der Waals surface area contributed by atoms with Gasteiger partial charge >= 0.3 is 0 Å². The predicted molar refractivity (Wildman–Crippen MR) is 77.3 cm³/mol. The molecule has 1 aromatic rings. The fourth-order valence-electron chi connectivity index (χ4n) is 1.62. The molecule has 0 heterocycles. The Bertz CT molecular complexity index is 470. The maximum absolute atomic E-state index is 9.64. The fraction of sp³-hybridized carbons (Fsp3) is 0.333. The minimum atomic E-state index is -1.83. The molecule has 0 spiro atoms. The molecule has 0 aliphatic carbocycles. The van der Waals surface area contributed by atoms with Crippen LogP contribution in [0.25, 0.3) is 6.08 Å². The van der Waals surface area contributed by atoms with Gasteiger partial charge in [0.25, 0.3) is 0 Å². The number of hydrogen-bond acceptors (Lipinski definition) is 6. The van der Waals surface area contributed by atoms with E-state index in [1.807, 2.05) is 30.3 Å². The summed E-state index contributed by atoms with van der Waals surface area (Å²) in [6, 6.07) is 9.23. The van der Waals surface area contributed by atoms with Gasteiger partial charge in [-0.3, -0.25) is 0 Å². The molecule has 6 heteroatoms. The number of rotatable bonds is 7. The quantitative estimate of drug-likeness (QED) is 0.300. The van der Waals surface area contributed by atoms with Crippen LogP contribution in [0.5, 0.6) is 0 Å². The lowest BCUT2D eigenvalue weighted by molar-refractivity contribution is -0.113. The first-order chi connectivity index (χ1) is 9.97. The first-order valence-electron chi connectivity index (χ1n) is 6.42. The number of hydrogen-bond donors (Lipinski definition) is 6. The van der Waals surface area contributed by atoms with Gasteiger partial charge in [-0.05, 0) is 11.6 Å². The smallest absolute Gasteiger partial charge is 0.139 e. The molecular weight excluding hydrogens is 276 g/mol. The van der Waals surface area contributed by atoms with Crippen molar-refractivity contribution in [2.75, 3.05) is 6.61 Å². The zero-order valence-electron chi connectivity index (χ0n) is 11.3. The minimum absolute atomic E-state index is 0.570. The molecule has 0 aliphatic rings. The Labute approximate surface area is 122 Å². The van der Waals surface area contributed by atoms with Gasteiger partial charge in [0.1, 0.15) is 30.2 Å². The molecule has 0 amide bonds. The highest BCUT2D eigenvalue weighted by atomic mass is 16.4. The molecule has 0 unspecified atom stereocenters. The first kappa shape index (κ1) is 17.4. The maximum Gasteiger partial charge on any atom is 0.139 e. The van der Waals surface area contributed by atoms with Gasteiger partial charge in [-0.15, -0.1) is 0 Å². The van der Waals surface area contributed by atoms with Gasteiger partial charge < -0.3 is 30.6 Å². The highest BCUT2D eigenvalue weighted by Crippen LogP contribution is 2.11.